The van der Waals surface area contributed by atoms with E-state index >= 15 is 0 Å². The van der Waals surface area contributed by atoms with Crippen molar-refractivity contribution in [1.29, 1.82) is 0 Å². The Hall–Kier alpha value is -0.610. The molecule has 0 bridgehead atoms. The van der Waals surface area contributed by atoms with Crippen molar-refractivity contribution < 1.29 is 9.53 Å². The fourth-order valence-corrected chi connectivity index (χ4v) is 2.79. The molecule has 17 heavy (non-hydrogen) atoms. The minimum Gasteiger partial charge on any atom is -0.368 e. The number of hydrogen-bond donors (Lipinski definition) is 1. The second-order valence-corrected chi connectivity index (χ2v) is 5.01. The van der Waals surface area contributed by atoms with Crippen LogP contribution in [-0.2, 0) is 9.53 Å². The maximum absolute atomic E-state index is 12.4. The summed E-state index contributed by atoms with van der Waals surface area (Å²) in [5.74, 6) is 0.233. The van der Waals surface area contributed by atoms with Crippen LogP contribution in [0.15, 0.2) is 0 Å². The zero-order valence-corrected chi connectivity index (χ0v) is 10.8. The second kappa shape index (κ2) is 6.36. The highest BCUT2D eigenvalue weighted by molar-refractivity contribution is 5.81. The number of rotatable bonds is 4. The SMILES string of the molecule is CCCN(C(=O)C1CCCO1)C1CCNCC1. The maximum atomic E-state index is 12.4. The molecule has 0 aliphatic carbocycles. The van der Waals surface area contributed by atoms with E-state index in [1.165, 1.54) is 0 Å². The fourth-order valence-electron chi connectivity index (χ4n) is 2.79. The van der Waals surface area contributed by atoms with Gasteiger partial charge in [0, 0.05) is 19.2 Å². The number of nitrogens with one attached hydrogen (secondary N) is 1. The van der Waals surface area contributed by atoms with Crippen molar-refractivity contribution in [3.05, 3.63) is 0 Å². The average molecular weight is 240 g/mol. The molecule has 1 unspecified atom stereocenters. The van der Waals surface area contributed by atoms with Gasteiger partial charge in [0.05, 0.1) is 0 Å². The molecule has 1 atom stereocenters. The van der Waals surface area contributed by atoms with E-state index in [0.29, 0.717) is 6.04 Å². The summed E-state index contributed by atoms with van der Waals surface area (Å²) in [5.41, 5.74) is 0. The Kier molecular flexibility index (Phi) is 4.80. The Balaban J connectivity index is 1.96. The monoisotopic (exact) mass is 240 g/mol. The summed E-state index contributed by atoms with van der Waals surface area (Å²) >= 11 is 0. The molecule has 2 aliphatic heterocycles. The van der Waals surface area contributed by atoms with Crippen LogP contribution in [-0.4, -0.2) is 49.2 Å². The first-order chi connectivity index (χ1) is 8.33. The molecule has 1 amide bonds. The lowest BCUT2D eigenvalue weighted by atomic mass is 10.0. The van der Waals surface area contributed by atoms with Gasteiger partial charge in [0.25, 0.3) is 5.91 Å². The van der Waals surface area contributed by atoms with Gasteiger partial charge in [0.2, 0.25) is 0 Å². The minimum absolute atomic E-state index is 0.156. The Morgan fingerprint density at radius 2 is 2.12 bits per heavy atom. The third-order valence-electron chi connectivity index (χ3n) is 3.70. The highest BCUT2D eigenvalue weighted by atomic mass is 16.5. The average Bonchev–Trinajstić information content (AvgIpc) is 2.90. The molecule has 0 aromatic heterocycles. The van der Waals surface area contributed by atoms with Crippen molar-refractivity contribution in [2.24, 2.45) is 0 Å². The van der Waals surface area contributed by atoms with Crippen molar-refractivity contribution in [1.82, 2.24) is 10.2 Å². The number of carbonyl (C=O) groups excluding carboxylic acids is 1. The molecular formula is C13H24N2O2. The molecule has 4 nitrogen and oxygen atoms in total. The summed E-state index contributed by atoms with van der Waals surface area (Å²) in [4.78, 5) is 14.5. The lowest BCUT2D eigenvalue weighted by Gasteiger charge is -2.35. The van der Waals surface area contributed by atoms with E-state index in [1.807, 2.05) is 0 Å². The topological polar surface area (TPSA) is 41.6 Å². The van der Waals surface area contributed by atoms with Crippen LogP contribution in [0.3, 0.4) is 0 Å². The number of piperidine rings is 1. The van der Waals surface area contributed by atoms with Crippen molar-refractivity contribution >= 4 is 5.91 Å². The minimum atomic E-state index is -0.156. The van der Waals surface area contributed by atoms with E-state index in [9.17, 15) is 4.79 Å². The Morgan fingerprint density at radius 1 is 1.35 bits per heavy atom. The second-order valence-electron chi connectivity index (χ2n) is 5.01. The van der Waals surface area contributed by atoms with Gasteiger partial charge in [-0.2, -0.15) is 0 Å². The van der Waals surface area contributed by atoms with Gasteiger partial charge in [-0.3, -0.25) is 4.79 Å². The zero-order valence-electron chi connectivity index (χ0n) is 10.8. The first kappa shape index (κ1) is 12.8. The molecular weight excluding hydrogens is 216 g/mol. The van der Waals surface area contributed by atoms with E-state index in [4.69, 9.17) is 4.74 Å². The third-order valence-corrected chi connectivity index (χ3v) is 3.70. The van der Waals surface area contributed by atoms with Gasteiger partial charge in [-0.05, 0) is 45.2 Å². The lowest BCUT2D eigenvalue weighted by molar-refractivity contribution is -0.144. The highest BCUT2D eigenvalue weighted by Gasteiger charge is 2.32. The van der Waals surface area contributed by atoms with Crippen molar-refractivity contribution in [3.63, 3.8) is 0 Å². The van der Waals surface area contributed by atoms with E-state index in [0.717, 1.165) is 58.3 Å². The molecule has 1 N–H and O–H groups in total. The predicted octanol–water partition coefficient (Wildman–Crippen LogP) is 1.16. The molecule has 2 heterocycles. The Morgan fingerprint density at radius 3 is 2.71 bits per heavy atom. The van der Waals surface area contributed by atoms with Crippen LogP contribution in [0.5, 0.6) is 0 Å². The van der Waals surface area contributed by atoms with Gasteiger partial charge in [0.15, 0.2) is 0 Å². The standard InChI is InChI=1S/C13H24N2O2/c1-2-9-15(11-5-7-14-8-6-11)13(16)12-4-3-10-17-12/h11-12,14H,2-10H2,1H3. The molecule has 4 heteroatoms. The fraction of sp³-hybridized carbons (Fsp3) is 0.923. The molecule has 98 valence electrons. The summed E-state index contributed by atoms with van der Waals surface area (Å²) in [6.45, 7) is 5.83. The molecule has 0 saturated carbocycles. The Labute approximate surface area is 104 Å². The number of ether oxygens (including phenoxy) is 1. The van der Waals surface area contributed by atoms with Crippen LogP contribution in [0, 0.1) is 0 Å². The van der Waals surface area contributed by atoms with Crippen molar-refractivity contribution in [3.8, 4) is 0 Å². The third kappa shape index (κ3) is 3.19. The lowest BCUT2D eigenvalue weighted by Crippen LogP contribution is -2.49. The molecule has 2 fully saturated rings. The van der Waals surface area contributed by atoms with Gasteiger partial charge in [-0.25, -0.2) is 0 Å². The molecule has 0 radical (unpaired) electrons. The highest BCUT2D eigenvalue weighted by Crippen LogP contribution is 2.19. The van der Waals surface area contributed by atoms with E-state index in [1.54, 1.807) is 0 Å². The van der Waals surface area contributed by atoms with Crippen LogP contribution in [0.1, 0.15) is 39.0 Å². The summed E-state index contributed by atoms with van der Waals surface area (Å²) in [6.07, 6.45) is 4.97. The van der Waals surface area contributed by atoms with Crippen LogP contribution < -0.4 is 5.32 Å². The molecule has 0 spiro atoms. The maximum Gasteiger partial charge on any atom is 0.251 e. The van der Waals surface area contributed by atoms with Crippen LogP contribution >= 0.6 is 0 Å². The zero-order chi connectivity index (χ0) is 12.1. The Bertz CT molecular complexity index is 246. The van der Waals surface area contributed by atoms with Crippen LogP contribution in [0.4, 0.5) is 0 Å². The van der Waals surface area contributed by atoms with Gasteiger partial charge in [-0.15, -0.1) is 0 Å². The number of carbonyl (C=O) groups is 1. The van der Waals surface area contributed by atoms with Crippen molar-refractivity contribution in [2.75, 3.05) is 26.2 Å². The van der Waals surface area contributed by atoms with Crippen LogP contribution in [0.2, 0.25) is 0 Å². The van der Waals surface area contributed by atoms with Gasteiger partial charge >= 0.3 is 0 Å². The summed E-state index contributed by atoms with van der Waals surface area (Å²) in [7, 11) is 0. The number of amides is 1. The molecule has 2 aliphatic rings. The van der Waals surface area contributed by atoms with Gasteiger partial charge < -0.3 is 15.0 Å². The summed E-state index contributed by atoms with van der Waals surface area (Å²) < 4.78 is 5.53. The van der Waals surface area contributed by atoms with Crippen molar-refractivity contribution in [2.45, 2.75) is 51.2 Å². The summed E-state index contributed by atoms with van der Waals surface area (Å²) in [6, 6.07) is 0.424. The molecule has 0 aromatic carbocycles. The smallest absolute Gasteiger partial charge is 0.251 e. The first-order valence-electron chi connectivity index (χ1n) is 6.95. The number of nitrogens with zero attached hydrogens (tertiary/aromatic N) is 1. The van der Waals surface area contributed by atoms with Crippen LogP contribution in [0.25, 0.3) is 0 Å². The van der Waals surface area contributed by atoms with Gasteiger partial charge in [0.1, 0.15) is 6.10 Å². The van der Waals surface area contributed by atoms with E-state index in [-0.39, 0.29) is 12.0 Å². The summed E-state index contributed by atoms with van der Waals surface area (Å²) in [5, 5.41) is 3.35. The normalized spacial score (nSPS) is 26.1. The quantitative estimate of drug-likeness (QED) is 0.801. The molecule has 2 saturated heterocycles. The number of hydrogen-bond acceptors (Lipinski definition) is 3. The van der Waals surface area contributed by atoms with Gasteiger partial charge in [-0.1, -0.05) is 6.92 Å². The van der Waals surface area contributed by atoms with E-state index < -0.39 is 0 Å². The first-order valence-corrected chi connectivity index (χ1v) is 6.95. The largest absolute Gasteiger partial charge is 0.368 e. The molecule has 0 aromatic rings. The predicted molar refractivity (Wildman–Crippen MR) is 66.9 cm³/mol. The molecule has 2 rings (SSSR count). The van der Waals surface area contributed by atoms with E-state index in [2.05, 4.69) is 17.1 Å².